The van der Waals surface area contributed by atoms with Crippen LogP contribution in [0.4, 0.5) is 0 Å². The first kappa shape index (κ1) is 6.10. The van der Waals surface area contributed by atoms with E-state index in [0.29, 0.717) is 5.75 Å². The number of aromatic hydroxyl groups is 1. The van der Waals surface area contributed by atoms with Gasteiger partial charge in [-0.05, 0) is 30.2 Å². The van der Waals surface area contributed by atoms with Crippen LogP contribution in [0.15, 0.2) is 23.1 Å². The largest absolute Gasteiger partial charge is 0.508 e. The number of benzene rings is 1. The molecule has 0 fully saturated rings. The summed E-state index contributed by atoms with van der Waals surface area (Å²) in [4.78, 5) is 1.33. The van der Waals surface area contributed by atoms with Crippen LogP contribution in [0.2, 0.25) is 0 Å². The molecule has 1 N–H and O–H groups in total. The molecule has 0 saturated heterocycles. The zero-order chi connectivity index (χ0) is 6.97. The van der Waals surface area contributed by atoms with Gasteiger partial charge in [0.2, 0.25) is 0 Å². The molecule has 0 spiro atoms. The van der Waals surface area contributed by atoms with Crippen LogP contribution in [-0.2, 0) is 6.42 Å². The monoisotopic (exact) mass is 152 g/mol. The van der Waals surface area contributed by atoms with Gasteiger partial charge in [-0.1, -0.05) is 0 Å². The number of hydrogen-bond acceptors (Lipinski definition) is 2. The van der Waals surface area contributed by atoms with E-state index in [4.69, 9.17) is 5.11 Å². The van der Waals surface area contributed by atoms with Crippen molar-refractivity contribution in [2.45, 2.75) is 11.3 Å². The molecule has 1 heterocycles. The number of phenolic OH excluding ortho intramolecular Hbond substituents is 1. The van der Waals surface area contributed by atoms with Gasteiger partial charge in [0.1, 0.15) is 5.75 Å². The summed E-state index contributed by atoms with van der Waals surface area (Å²) in [5, 5.41) is 9.09. The van der Waals surface area contributed by atoms with E-state index in [1.165, 1.54) is 16.2 Å². The lowest BCUT2D eigenvalue weighted by molar-refractivity contribution is 0.474. The Morgan fingerprint density at radius 3 is 3.20 bits per heavy atom. The first-order chi connectivity index (χ1) is 4.86. The smallest absolute Gasteiger partial charge is 0.115 e. The highest BCUT2D eigenvalue weighted by Crippen LogP contribution is 2.32. The summed E-state index contributed by atoms with van der Waals surface area (Å²) >= 11 is 1.87. The maximum atomic E-state index is 9.09. The van der Waals surface area contributed by atoms with Crippen LogP contribution in [0.3, 0.4) is 0 Å². The molecule has 1 aromatic rings. The minimum atomic E-state index is 0.390. The summed E-state index contributed by atoms with van der Waals surface area (Å²) in [5.41, 5.74) is 1.30. The highest BCUT2D eigenvalue weighted by molar-refractivity contribution is 7.99. The predicted octanol–water partition coefficient (Wildman–Crippen LogP) is 2.04. The fourth-order valence-corrected chi connectivity index (χ4v) is 2.23. The number of rotatable bonds is 0. The Morgan fingerprint density at radius 2 is 2.30 bits per heavy atom. The van der Waals surface area contributed by atoms with E-state index in [1.807, 2.05) is 23.9 Å². The second kappa shape index (κ2) is 2.20. The summed E-state index contributed by atoms with van der Waals surface area (Å²) in [6, 6.07) is 5.59. The maximum Gasteiger partial charge on any atom is 0.115 e. The molecule has 0 unspecified atom stereocenters. The zero-order valence-electron chi connectivity index (χ0n) is 5.50. The quantitative estimate of drug-likeness (QED) is 0.614. The van der Waals surface area contributed by atoms with Crippen LogP contribution < -0.4 is 0 Å². The van der Waals surface area contributed by atoms with Crippen molar-refractivity contribution in [1.29, 1.82) is 0 Å². The second-order valence-electron chi connectivity index (χ2n) is 2.39. The van der Waals surface area contributed by atoms with Crippen molar-refractivity contribution < 1.29 is 5.11 Å². The molecule has 0 radical (unpaired) electrons. The number of aryl methyl sites for hydroxylation is 1. The molecular weight excluding hydrogens is 144 g/mol. The van der Waals surface area contributed by atoms with Crippen LogP contribution in [0.5, 0.6) is 5.75 Å². The third-order valence-electron chi connectivity index (χ3n) is 1.67. The fourth-order valence-electron chi connectivity index (χ4n) is 1.17. The molecule has 0 aromatic heterocycles. The molecule has 1 aliphatic rings. The van der Waals surface area contributed by atoms with Crippen molar-refractivity contribution in [2.24, 2.45) is 0 Å². The van der Waals surface area contributed by atoms with Crippen molar-refractivity contribution in [1.82, 2.24) is 0 Å². The van der Waals surface area contributed by atoms with Crippen LogP contribution in [0.25, 0.3) is 0 Å². The van der Waals surface area contributed by atoms with Gasteiger partial charge in [0.15, 0.2) is 0 Å². The Morgan fingerprint density at radius 1 is 1.40 bits per heavy atom. The Bertz CT molecular complexity index is 257. The molecule has 0 atom stereocenters. The summed E-state index contributed by atoms with van der Waals surface area (Å²) < 4.78 is 0. The van der Waals surface area contributed by atoms with Gasteiger partial charge in [0, 0.05) is 10.6 Å². The molecule has 0 bridgehead atoms. The highest BCUT2D eigenvalue weighted by atomic mass is 32.2. The Kier molecular flexibility index (Phi) is 1.34. The van der Waals surface area contributed by atoms with Gasteiger partial charge in [-0.25, -0.2) is 0 Å². The van der Waals surface area contributed by atoms with E-state index in [-0.39, 0.29) is 0 Å². The van der Waals surface area contributed by atoms with E-state index < -0.39 is 0 Å². The summed E-state index contributed by atoms with van der Waals surface area (Å²) in [5.74, 6) is 1.56. The van der Waals surface area contributed by atoms with Crippen LogP contribution in [0, 0.1) is 0 Å². The number of thioether (sulfide) groups is 1. The minimum absolute atomic E-state index is 0.390. The predicted molar refractivity (Wildman–Crippen MR) is 42.5 cm³/mol. The average molecular weight is 152 g/mol. The van der Waals surface area contributed by atoms with Crippen molar-refractivity contribution in [3.63, 3.8) is 0 Å². The summed E-state index contributed by atoms with van der Waals surface area (Å²) in [6.45, 7) is 0. The van der Waals surface area contributed by atoms with Gasteiger partial charge in [-0.2, -0.15) is 0 Å². The molecular formula is C8H8OS. The molecule has 1 aliphatic heterocycles. The fraction of sp³-hybridized carbons (Fsp3) is 0.250. The third-order valence-corrected chi connectivity index (χ3v) is 2.79. The van der Waals surface area contributed by atoms with Gasteiger partial charge < -0.3 is 5.11 Å². The Hall–Kier alpha value is -0.630. The van der Waals surface area contributed by atoms with Gasteiger partial charge in [-0.15, -0.1) is 11.8 Å². The molecule has 0 amide bonds. The van der Waals surface area contributed by atoms with Crippen molar-refractivity contribution in [2.75, 3.05) is 5.75 Å². The molecule has 0 aliphatic carbocycles. The average Bonchev–Trinajstić information content (AvgIpc) is 2.33. The molecule has 2 heteroatoms. The van der Waals surface area contributed by atoms with Crippen LogP contribution in [0.1, 0.15) is 5.56 Å². The standard InChI is InChI=1S/C8H8OS/c9-7-1-2-8-6(5-7)3-4-10-8/h1-2,5,9H,3-4H2. The van der Waals surface area contributed by atoms with Crippen LogP contribution in [-0.4, -0.2) is 10.9 Å². The second-order valence-corrected chi connectivity index (χ2v) is 3.53. The molecule has 2 rings (SSSR count). The van der Waals surface area contributed by atoms with E-state index in [0.717, 1.165) is 6.42 Å². The lowest BCUT2D eigenvalue weighted by Crippen LogP contribution is -1.78. The van der Waals surface area contributed by atoms with Gasteiger partial charge in [-0.3, -0.25) is 0 Å². The normalized spacial score (nSPS) is 15.2. The third kappa shape index (κ3) is 0.886. The topological polar surface area (TPSA) is 20.2 Å². The number of hydrogen-bond donors (Lipinski definition) is 1. The number of fused-ring (bicyclic) bond motifs is 1. The Balaban J connectivity index is 2.52. The number of phenols is 1. The Labute approximate surface area is 64.1 Å². The van der Waals surface area contributed by atoms with Gasteiger partial charge in [0.05, 0.1) is 0 Å². The van der Waals surface area contributed by atoms with E-state index in [9.17, 15) is 0 Å². The van der Waals surface area contributed by atoms with E-state index in [1.54, 1.807) is 6.07 Å². The maximum absolute atomic E-state index is 9.09. The lowest BCUT2D eigenvalue weighted by Gasteiger charge is -1.96. The first-order valence-electron chi connectivity index (χ1n) is 3.31. The van der Waals surface area contributed by atoms with E-state index in [2.05, 4.69) is 0 Å². The van der Waals surface area contributed by atoms with Crippen molar-refractivity contribution in [3.05, 3.63) is 23.8 Å². The molecule has 0 saturated carbocycles. The van der Waals surface area contributed by atoms with Crippen molar-refractivity contribution >= 4 is 11.8 Å². The minimum Gasteiger partial charge on any atom is -0.508 e. The highest BCUT2D eigenvalue weighted by Gasteiger charge is 2.10. The molecule has 1 nitrogen and oxygen atoms in total. The van der Waals surface area contributed by atoms with Gasteiger partial charge >= 0.3 is 0 Å². The zero-order valence-corrected chi connectivity index (χ0v) is 6.32. The first-order valence-corrected chi connectivity index (χ1v) is 4.29. The lowest BCUT2D eigenvalue weighted by atomic mass is 10.2. The molecule has 1 aromatic carbocycles. The van der Waals surface area contributed by atoms with Crippen molar-refractivity contribution in [3.8, 4) is 5.75 Å². The molecule has 52 valence electrons. The summed E-state index contributed by atoms with van der Waals surface area (Å²) in [7, 11) is 0. The molecule has 10 heavy (non-hydrogen) atoms. The van der Waals surface area contributed by atoms with Gasteiger partial charge in [0.25, 0.3) is 0 Å². The van der Waals surface area contributed by atoms with E-state index >= 15 is 0 Å². The summed E-state index contributed by atoms with van der Waals surface area (Å²) in [6.07, 6.45) is 1.11. The SMILES string of the molecule is Oc1ccc2c(c1)CCS2. The van der Waals surface area contributed by atoms with Crippen LogP contribution >= 0.6 is 11.8 Å².